The summed E-state index contributed by atoms with van der Waals surface area (Å²) in [6.07, 6.45) is 3.23. The van der Waals surface area contributed by atoms with Gasteiger partial charge in [0.15, 0.2) is 5.82 Å². The van der Waals surface area contributed by atoms with Gasteiger partial charge >= 0.3 is 5.97 Å². The summed E-state index contributed by atoms with van der Waals surface area (Å²) in [4.78, 5) is 12.1. The summed E-state index contributed by atoms with van der Waals surface area (Å²) in [5.74, 6) is -2.27. The van der Waals surface area contributed by atoms with E-state index in [1.54, 1.807) is 36.9 Å². The van der Waals surface area contributed by atoms with E-state index in [4.69, 9.17) is 16.3 Å². The molecule has 0 amide bonds. The average Bonchev–Trinajstić information content (AvgIpc) is 2.92. The van der Waals surface area contributed by atoms with E-state index in [0.717, 1.165) is 18.4 Å². The van der Waals surface area contributed by atoms with Crippen LogP contribution >= 0.6 is 11.6 Å². The summed E-state index contributed by atoms with van der Waals surface area (Å²) in [6, 6.07) is 5.09. The molecule has 1 spiro atoms. The Balaban J connectivity index is 1.54. The highest BCUT2D eigenvalue weighted by Gasteiger charge is 2.61. The number of benzene rings is 1. The van der Waals surface area contributed by atoms with E-state index in [1.165, 1.54) is 0 Å². The molecule has 0 atom stereocenters. The highest BCUT2D eigenvalue weighted by Crippen LogP contribution is 2.62. The molecule has 28 heavy (non-hydrogen) atoms. The van der Waals surface area contributed by atoms with Gasteiger partial charge in [-0.25, -0.2) is 13.6 Å². The van der Waals surface area contributed by atoms with Crippen molar-refractivity contribution in [2.45, 2.75) is 44.6 Å². The fourth-order valence-electron chi connectivity index (χ4n) is 4.48. The first-order valence-corrected chi connectivity index (χ1v) is 9.73. The van der Waals surface area contributed by atoms with Crippen molar-refractivity contribution >= 4 is 23.4 Å². The molecule has 2 aromatic rings. The van der Waals surface area contributed by atoms with Crippen LogP contribution in [-0.2, 0) is 11.8 Å². The Labute approximate surface area is 167 Å². The standard InChI is InChI=1S/C20H22ClF2N3O2/c1-3-28-18(27)12-4-5-16(21)14(6-12)15-9-26(2)25-17(15)24-13-7-19(8-13)10-20(22,23)11-19/h4-6,9,13H,3,7-8,10-11H2,1-2H3,(H,24,25). The molecular weight excluding hydrogens is 388 g/mol. The normalized spacial score (nSPS) is 19.8. The van der Waals surface area contributed by atoms with Crippen LogP contribution in [0.3, 0.4) is 0 Å². The first kappa shape index (κ1) is 19.2. The fourth-order valence-corrected chi connectivity index (χ4v) is 4.70. The first-order chi connectivity index (χ1) is 13.2. The summed E-state index contributed by atoms with van der Waals surface area (Å²) in [6.45, 7) is 2.04. The third-order valence-electron chi connectivity index (χ3n) is 5.56. The van der Waals surface area contributed by atoms with E-state index in [2.05, 4.69) is 10.4 Å². The maximum absolute atomic E-state index is 13.2. The van der Waals surface area contributed by atoms with Crippen molar-refractivity contribution in [2.75, 3.05) is 11.9 Å². The number of aryl methyl sites for hydroxylation is 1. The summed E-state index contributed by atoms with van der Waals surface area (Å²) in [5, 5.41) is 8.32. The van der Waals surface area contributed by atoms with E-state index in [9.17, 15) is 13.6 Å². The van der Waals surface area contributed by atoms with Crippen LogP contribution in [0, 0.1) is 5.41 Å². The molecule has 0 saturated heterocycles. The van der Waals surface area contributed by atoms with Crippen LogP contribution in [0.5, 0.6) is 0 Å². The lowest BCUT2D eigenvalue weighted by Crippen LogP contribution is -2.57. The number of carbonyl (C=O) groups is 1. The van der Waals surface area contributed by atoms with Crippen molar-refractivity contribution in [3.8, 4) is 11.1 Å². The minimum atomic E-state index is -2.50. The molecule has 0 unspecified atom stereocenters. The summed E-state index contributed by atoms with van der Waals surface area (Å²) in [5.41, 5.74) is 1.64. The molecule has 2 aliphatic carbocycles. The predicted molar refractivity (Wildman–Crippen MR) is 103 cm³/mol. The van der Waals surface area contributed by atoms with Crippen molar-refractivity contribution in [3.05, 3.63) is 35.0 Å². The second-order valence-electron chi connectivity index (χ2n) is 7.94. The predicted octanol–water partition coefficient (Wildman–Crippen LogP) is 4.91. The quantitative estimate of drug-likeness (QED) is 0.713. The maximum atomic E-state index is 13.2. The number of esters is 1. The van der Waals surface area contributed by atoms with Gasteiger partial charge in [-0.2, -0.15) is 5.10 Å². The molecule has 0 radical (unpaired) electrons. The number of hydrogen-bond donors (Lipinski definition) is 1. The van der Waals surface area contributed by atoms with Crippen molar-refractivity contribution in [1.29, 1.82) is 0 Å². The number of ether oxygens (including phenoxy) is 1. The van der Waals surface area contributed by atoms with Gasteiger partial charge < -0.3 is 10.1 Å². The van der Waals surface area contributed by atoms with Gasteiger partial charge in [0.05, 0.1) is 12.2 Å². The van der Waals surface area contributed by atoms with Gasteiger partial charge in [0, 0.05) is 48.3 Å². The molecule has 0 aliphatic heterocycles. The van der Waals surface area contributed by atoms with Crippen molar-refractivity contribution in [1.82, 2.24) is 9.78 Å². The lowest BCUT2D eigenvalue weighted by Gasteiger charge is -2.57. The number of halogens is 3. The van der Waals surface area contributed by atoms with Gasteiger partial charge in [0.25, 0.3) is 0 Å². The Morgan fingerprint density at radius 1 is 1.36 bits per heavy atom. The summed E-state index contributed by atoms with van der Waals surface area (Å²) in [7, 11) is 1.80. The monoisotopic (exact) mass is 409 g/mol. The number of rotatable bonds is 5. The Morgan fingerprint density at radius 3 is 2.71 bits per heavy atom. The third kappa shape index (κ3) is 3.48. The van der Waals surface area contributed by atoms with Crippen LogP contribution in [0.2, 0.25) is 5.02 Å². The van der Waals surface area contributed by atoms with E-state index in [1.807, 2.05) is 6.20 Å². The molecule has 2 saturated carbocycles. The van der Waals surface area contributed by atoms with Gasteiger partial charge in [-0.15, -0.1) is 0 Å². The smallest absolute Gasteiger partial charge is 0.338 e. The van der Waals surface area contributed by atoms with Crippen molar-refractivity contribution < 1.29 is 18.3 Å². The highest BCUT2D eigenvalue weighted by molar-refractivity contribution is 6.33. The Morgan fingerprint density at radius 2 is 2.07 bits per heavy atom. The Bertz CT molecular complexity index is 912. The van der Waals surface area contributed by atoms with Gasteiger partial charge in [0.1, 0.15) is 0 Å². The van der Waals surface area contributed by atoms with Crippen LogP contribution in [0.1, 0.15) is 43.0 Å². The zero-order valence-corrected chi connectivity index (χ0v) is 16.5. The largest absolute Gasteiger partial charge is 0.462 e. The zero-order valence-electron chi connectivity index (χ0n) is 15.8. The van der Waals surface area contributed by atoms with Crippen LogP contribution in [-0.4, -0.2) is 34.3 Å². The van der Waals surface area contributed by atoms with Crippen LogP contribution in [0.4, 0.5) is 14.6 Å². The number of nitrogens with zero attached hydrogens (tertiary/aromatic N) is 2. The van der Waals surface area contributed by atoms with Crippen LogP contribution in [0.15, 0.2) is 24.4 Å². The van der Waals surface area contributed by atoms with E-state index >= 15 is 0 Å². The molecule has 1 aromatic carbocycles. The molecule has 1 heterocycles. The maximum Gasteiger partial charge on any atom is 0.338 e. The highest BCUT2D eigenvalue weighted by atomic mass is 35.5. The average molecular weight is 410 g/mol. The van der Waals surface area contributed by atoms with Crippen molar-refractivity contribution in [2.24, 2.45) is 12.5 Å². The topological polar surface area (TPSA) is 56.2 Å². The number of hydrogen-bond acceptors (Lipinski definition) is 4. The molecular formula is C20H22ClF2N3O2. The minimum absolute atomic E-state index is 0.0132. The molecule has 1 N–H and O–H groups in total. The van der Waals surface area contributed by atoms with Gasteiger partial charge in [0.2, 0.25) is 5.92 Å². The lowest BCUT2D eigenvalue weighted by atomic mass is 9.52. The second kappa shape index (κ2) is 6.72. The molecule has 0 bridgehead atoms. The van der Waals surface area contributed by atoms with Gasteiger partial charge in [-0.05, 0) is 43.4 Å². The summed E-state index contributed by atoms with van der Waals surface area (Å²) >= 11 is 6.39. The molecule has 2 fully saturated rings. The van der Waals surface area contributed by atoms with Crippen LogP contribution in [0.25, 0.3) is 11.1 Å². The fraction of sp³-hybridized carbons (Fsp3) is 0.500. The lowest BCUT2D eigenvalue weighted by molar-refractivity contribution is -0.193. The number of nitrogens with one attached hydrogen (secondary N) is 1. The van der Waals surface area contributed by atoms with E-state index in [-0.39, 0.29) is 24.3 Å². The molecule has 2 aliphatic rings. The third-order valence-corrected chi connectivity index (χ3v) is 5.89. The molecule has 1 aromatic heterocycles. The number of alkyl halides is 2. The first-order valence-electron chi connectivity index (χ1n) is 9.35. The minimum Gasteiger partial charge on any atom is -0.462 e. The van der Waals surface area contributed by atoms with Gasteiger partial charge in [-0.1, -0.05) is 11.6 Å². The van der Waals surface area contributed by atoms with Crippen molar-refractivity contribution in [3.63, 3.8) is 0 Å². The van der Waals surface area contributed by atoms with Gasteiger partial charge in [-0.3, -0.25) is 4.68 Å². The second-order valence-corrected chi connectivity index (χ2v) is 8.35. The van der Waals surface area contributed by atoms with E-state index in [0.29, 0.717) is 28.6 Å². The molecule has 150 valence electrons. The van der Waals surface area contributed by atoms with E-state index < -0.39 is 11.9 Å². The SMILES string of the molecule is CCOC(=O)c1ccc(Cl)c(-c2cn(C)nc2NC2CC3(C2)CC(F)(F)C3)c1. The molecule has 8 heteroatoms. The molecule has 4 rings (SSSR count). The van der Waals surface area contributed by atoms with Crippen LogP contribution < -0.4 is 5.32 Å². The number of carbonyl (C=O) groups excluding carboxylic acids is 1. The Hall–Kier alpha value is -2.15. The number of aromatic nitrogens is 2. The zero-order chi connectivity index (χ0) is 20.1. The number of anilines is 1. The molecule has 5 nitrogen and oxygen atoms in total. The Kier molecular flexibility index (Phi) is 4.61. The summed E-state index contributed by atoms with van der Waals surface area (Å²) < 4.78 is 33.1.